The highest BCUT2D eigenvalue weighted by molar-refractivity contribution is 9.10. The summed E-state index contributed by atoms with van der Waals surface area (Å²) in [6.07, 6.45) is -4.75. The highest BCUT2D eigenvalue weighted by Gasteiger charge is 2.32. The summed E-state index contributed by atoms with van der Waals surface area (Å²) in [4.78, 5) is 0. The fourth-order valence-electron chi connectivity index (χ4n) is 0.974. The van der Waals surface area contributed by atoms with E-state index in [-0.39, 0.29) is 22.9 Å². The van der Waals surface area contributed by atoms with Gasteiger partial charge in [0, 0.05) is 10.0 Å². The molecule has 0 spiro atoms. The van der Waals surface area contributed by atoms with Crippen LogP contribution in [0.1, 0.15) is 5.56 Å². The molecule has 0 heterocycles. The Morgan fingerprint density at radius 1 is 1.40 bits per heavy atom. The average Bonchev–Trinajstić information content (AvgIpc) is 2.10. The van der Waals surface area contributed by atoms with Gasteiger partial charge in [-0.25, -0.2) is 0 Å². The summed E-state index contributed by atoms with van der Waals surface area (Å²) in [5.74, 6) is -0.533. The number of halogens is 5. The summed E-state index contributed by atoms with van der Waals surface area (Å²) in [5, 5.41) is 0. The smallest absolute Gasteiger partial charge is 0.405 e. The van der Waals surface area contributed by atoms with Gasteiger partial charge in [0.05, 0.1) is 11.6 Å². The summed E-state index contributed by atoms with van der Waals surface area (Å²) in [5.41, 5.74) is 5.79. The second-order valence-electron chi connectivity index (χ2n) is 2.62. The van der Waals surface area contributed by atoms with Crippen LogP contribution in [0.4, 0.5) is 18.9 Å². The van der Waals surface area contributed by atoms with E-state index in [2.05, 4.69) is 20.7 Å². The van der Waals surface area contributed by atoms with Gasteiger partial charge in [-0.1, -0.05) is 0 Å². The van der Waals surface area contributed by atoms with Crippen molar-refractivity contribution < 1.29 is 17.9 Å². The molecule has 0 aliphatic carbocycles. The Hall–Kier alpha value is -0.620. The number of nitrogen functional groups attached to an aromatic ring is 1. The van der Waals surface area contributed by atoms with Crippen LogP contribution in [0, 0.1) is 0 Å². The monoisotopic (exact) mass is 303 g/mol. The first kappa shape index (κ1) is 12.4. The van der Waals surface area contributed by atoms with Gasteiger partial charge in [0.15, 0.2) is 0 Å². The molecule has 0 fully saturated rings. The van der Waals surface area contributed by atoms with Gasteiger partial charge in [-0.05, 0) is 28.1 Å². The Morgan fingerprint density at radius 3 is 2.47 bits per heavy atom. The molecule has 0 aliphatic heterocycles. The molecule has 0 atom stereocenters. The lowest BCUT2D eigenvalue weighted by Crippen LogP contribution is -2.18. The van der Waals surface area contributed by atoms with E-state index < -0.39 is 6.36 Å². The average molecular weight is 304 g/mol. The van der Waals surface area contributed by atoms with Crippen LogP contribution in [0.25, 0.3) is 0 Å². The fourth-order valence-corrected chi connectivity index (χ4v) is 1.62. The van der Waals surface area contributed by atoms with Gasteiger partial charge in [0.2, 0.25) is 0 Å². The maximum absolute atomic E-state index is 12.0. The van der Waals surface area contributed by atoms with E-state index in [1.807, 2.05) is 0 Å². The van der Waals surface area contributed by atoms with E-state index in [1.165, 1.54) is 6.07 Å². The number of nitrogens with two attached hydrogens (primary N) is 1. The Labute approximate surface area is 97.3 Å². The molecule has 2 N–H and O–H groups in total. The van der Waals surface area contributed by atoms with Crippen molar-refractivity contribution in [1.29, 1.82) is 0 Å². The Kier molecular flexibility index (Phi) is 3.72. The summed E-state index contributed by atoms with van der Waals surface area (Å²) < 4.78 is 40.2. The molecule has 0 amide bonds. The van der Waals surface area contributed by atoms with E-state index in [0.29, 0.717) is 4.47 Å². The van der Waals surface area contributed by atoms with Gasteiger partial charge in [-0.15, -0.1) is 24.8 Å². The molecule has 2 nitrogen and oxygen atoms in total. The zero-order valence-electron chi connectivity index (χ0n) is 7.24. The molecule has 0 bridgehead atoms. The molecular weight excluding hydrogens is 298 g/mol. The lowest BCUT2D eigenvalue weighted by molar-refractivity contribution is -0.274. The summed E-state index contributed by atoms with van der Waals surface area (Å²) in [6, 6.07) is 2.53. The van der Waals surface area contributed by atoms with Crippen molar-refractivity contribution in [2.75, 3.05) is 5.73 Å². The SMILES string of the molecule is Nc1c(Br)ccc(OC(F)(F)F)c1CCl. The predicted molar refractivity (Wildman–Crippen MR) is 54.8 cm³/mol. The molecule has 7 heteroatoms. The first-order valence-electron chi connectivity index (χ1n) is 3.73. The summed E-state index contributed by atoms with van der Waals surface area (Å²) in [6.45, 7) is 0. The zero-order valence-corrected chi connectivity index (χ0v) is 9.58. The first-order valence-corrected chi connectivity index (χ1v) is 5.06. The van der Waals surface area contributed by atoms with Gasteiger partial charge < -0.3 is 10.5 Å². The van der Waals surface area contributed by atoms with Gasteiger partial charge >= 0.3 is 6.36 Å². The third kappa shape index (κ3) is 3.17. The van der Waals surface area contributed by atoms with Crippen molar-refractivity contribution in [2.24, 2.45) is 0 Å². The Bertz CT molecular complexity index is 370. The predicted octanol–water partition coefficient (Wildman–Crippen LogP) is 3.67. The van der Waals surface area contributed by atoms with Crippen molar-refractivity contribution in [3.05, 3.63) is 22.2 Å². The topological polar surface area (TPSA) is 35.2 Å². The standard InChI is InChI=1S/C8H6BrClF3NO/c9-5-1-2-6(15-8(11,12)13)4(3-10)7(5)14/h1-2H,3,14H2. The first-order chi connectivity index (χ1) is 6.85. The van der Waals surface area contributed by atoms with Crippen molar-refractivity contribution in [1.82, 2.24) is 0 Å². The molecule has 84 valence electrons. The van der Waals surface area contributed by atoms with Gasteiger partial charge in [0.1, 0.15) is 5.75 Å². The quantitative estimate of drug-likeness (QED) is 0.668. The lowest BCUT2D eigenvalue weighted by atomic mass is 10.2. The van der Waals surface area contributed by atoms with Crippen LogP contribution in [-0.4, -0.2) is 6.36 Å². The lowest BCUT2D eigenvalue weighted by Gasteiger charge is -2.14. The van der Waals surface area contributed by atoms with Gasteiger partial charge in [-0.3, -0.25) is 0 Å². The van der Waals surface area contributed by atoms with Crippen LogP contribution in [0.3, 0.4) is 0 Å². The largest absolute Gasteiger partial charge is 0.573 e. The van der Waals surface area contributed by atoms with Crippen molar-refractivity contribution in [3.63, 3.8) is 0 Å². The van der Waals surface area contributed by atoms with Crippen LogP contribution in [0.5, 0.6) is 5.75 Å². The molecule has 0 saturated heterocycles. The van der Waals surface area contributed by atoms with Crippen molar-refractivity contribution >= 4 is 33.2 Å². The Balaban J connectivity index is 3.14. The molecule has 0 aliphatic rings. The second kappa shape index (κ2) is 4.49. The maximum atomic E-state index is 12.0. The van der Waals surface area contributed by atoms with Crippen LogP contribution >= 0.6 is 27.5 Å². The molecule has 1 aromatic carbocycles. The van der Waals surface area contributed by atoms with Crippen molar-refractivity contribution in [3.8, 4) is 5.75 Å². The van der Waals surface area contributed by atoms with E-state index in [0.717, 1.165) is 6.07 Å². The fraction of sp³-hybridized carbons (Fsp3) is 0.250. The maximum Gasteiger partial charge on any atom is 0.573 e. The van der Waals surface area contributed by atoms with E-state index >= 15 is 0 Å². The number of hydrogen-bond acceptors (Lipinski definition) is 2. The highest BCUT2D eigenvalue weighted by Crippen LogP contribution is 2.35. The van der Waals surface area contributed by atoms with Crippen LogP contribution in [-0.2, 0) is 5.88 Å². The number of alkyl halides is 4. The van der Waals surface area contributed by atoms with E-state index in [4.69, 9.17) is 17.3 Å². The number of benzene rings is 1. The van der Waals surface area contributed by atoms with Crippen LogP contribution < -0.4 is 10.5 Å². The van der Waals surface area contributed by atoms with Gasteiger partial charge in [-0.2, -0.15) is 0 Å². The number of anilines is 1. The molecule has 15 heavy (non-hydrogen) atoms. The minimum absolute atomic E-state index is 0.114. The van der Waals surface area contributed by atoms with E-state index in [9.17, 15) is 13.2 Å². The molecule has 0 aromatic heterocycles. The second-order valence-corrected chi connectivity index (χ2v) is 3.74. The molecule has 1 aromatic rings. The highest BCUT2D eigenvalue weighted by atomic mass is 79.9. The Morgan fingerprint density at radius 2 is 2.00 bits per heavy atom. The minimum Gasteiger partial charge on any atom is -0.405 e. The normalized spacial score (nSPS) is 11.5. The third-order valence-electron chi connectivity index (χ3n) is 1.62. The van der Waals surface area contributed by atoms with Crippen LogP contribution in [0.2, 0.25) is 0 Å². The zero-order chi connectivity index (χ0) is 11.6. The molecule has 1 rings (SSSR count). The molecule has 0 saturated carbocycles. The van der Waals surface area contributed by atoms with Crippen LogP contribution in [0.15, 0.2) is 16.6 Å². The molecule has 0 radical (unpaired) electrons. The molecular formula is C8H6BrClF3NO. The van der Waals surface area contributed by atoms with E-state index in [1.54, 1.807) is 0 Å². The van der Waals surface area contributed by atoms with Crippen molar-refractivity contribution in [2.45, 2.75) is 12.2 Å². The summed E-state index contributed by atoms with van der Waals surface area (Å²) in [7, 11) is 0. The number of hydrogen-bond donors (Lipinski definition) is 1. The minimum atomic E-state index is -4.75. The summed E-state index contributed by atoms with van der Waals surface area (Å²) >= 11 is 8.57. The molecule has 0 unspecified atom stereocenters. The number of ether oxygens (including phenoxy) is 1. The third-order valence-corrected chi connectivity index (χ3v) is 2.58. The number of rotatable bonds is 2. The van der Waals surface area contributed by atoms with Gasteiger partial charge in [0.25, 0.3) is 0 Å².